The van der Waals surface area contributed by atoms with Crippen molar-refractivity contribution in [3.8, 4) is 0 Å². The quantitative estimate of drug-likeness (QED) is 0.528. The summed E-state index contributed by atoms with van der Waals surface area (Å²) in [6.45, 7) is 0. The lowest BCUT2D eigenvalue weighted by atomic mass is 9.85. The Kier molecular flexibility index (Phi) is 4.87. The summed E-state index contributed by atoms with van der Waals surface area (Å²) in [6, 6.07) is 6.72. The predicted octanol–water partition coefficient (Wildman–Crippen LogP) is 5.53. The summed E-state index contributed by atoms with van der Waals surface area (Å²) in [5, 5.41) is 13.4. The van der Waals surface area contributed by atoms with Crippen LogP contribution in [0.5, 0.6) is 0 Å². The summed E-state index contributed by atoms with van der Waals surface area (Å²) in [7, 11) is 0. The summed E-state index contributed by atoms with van der Waals surface area (Å²) in [4.78, 5) is 20.1. The van der Waals surface area contributed by atoms with Crippen molar-refractivity contribution in [1.29, 1.82) is 0 Å². The molecule has 1 aliphatic heterocycles. The minimum Gasteiger partial charge on any atom is -0.478 e. The number of halogens is 6. The third-order valence-electron chi connectivity index (χ3n) is 5.20. The van der Waals surface area contributed by atoms with Crippen LogP contribution in [-0.2, 0) is 16.6 Å². The molecule has 11 heteroatoms. The second-order valence-corrected chi connectivity index (χ2v) is 7.10. The third kappa shape index (κ3) is 3.43. The number of alkyl halides is 6. The Labute approximate surface area is 175 Å². The van der Waals surface area contributed by atoms with E-state index < -0.39 is 41.5 Å². The van der Waals surface area contributed by atoms with Crippen LogP contribution in [-0.4, -0.2) is 27.9 Å². The minimum atomic E-state index is -5.10. The molecule has 0 saturated carbocycles. The topological polar surface area (TPSA) is 71.8 Å². The number of nitrogens with zero attached hydrogens (tertiary/aromatic N) is 2. The lowest BCUT2D eigenvalue weighted by molar-refractivity contribution is -0.276. The molecule has 0 aliphatic carbocycles. The molecule has 1 aliphatic rings. The Morgan fingerprint density at radius 1 is 1.03 bits per heavy atom. The van der Waals surface area contributed by atoms with Crippen LogP contribution in [0.25, 0.3) is 10.8 Å². The fourth-order valence-corrected chi connectivity index (χ4v) is 3.62. The second-order valence-electron chi connectivity index (χ2n) is 7.10. The van der Waals surface area contributed by atoms with E-state index in [1.807, 2.05) is 0 Å². The normalized spacial score (nSPS) is 19.0. The van der Waals surface area contributed by atoms with Crippen LogP contribution < -0.4 is 0 Å². The van der Waals surface area contributed by atoms with Crippen LogP contribution in [0.3, 0.4) is 0 Å². The number of oxime groups is 1. The summed E-state index contributed by atoms with van der Waals surface area (Å²) in [5.41, 5.74) is -5.27. The monoisotopic (exact) mass is 454 g/mol. The van der Waals surface area contributed by atoms with E-state index in [9.17, 15) is 36.2 Å². The van der Waals surface area contributed by atoms with Gasteiger partial charge < -0.3 is 9.94 Å². The molecule has 3 aromatic rings. The molecule has 0 bridgehead atoms. The molecule has 1 atom stereocenters. The Morgan fingerprint density at radius 2 is 1.78 bits per heavy atom. The highest BCUT2D eigenvalue weighted by atomic mass is 19.4. The van der Waals surface area contributed by atoms with E-state index in [0.717, 1.165) is 12.1 Å². The Morgan fingerprint density at radius 3 is 2.44 bits per heavy atom. The van der Waals surface area contributed by atoms with Crippen molar-refractivity contribution in [1.82, 2.24) is 4.98 Å². The maximum Gasteiger partial charge on any atom is 0.435 e. The van der Waals surface area contributed by atoms with Gasteiger partial charge in [-0.1, -0.05) is 23.4 Å². The van der Waals surface area contributed by atoms with Crippen molar-refractivity contribution in [2.45, 2.75) is 24.4 Å². The van der Waals surface area contributed by atoms with Crippen molar-refractivity contribution in [2.24, 2.45) is 5.16 Å². The maximum atomic E-state index is 14.1. The number of rotatable bonds is 3. The Balaban J connectivity index is 1.82. The lowest BCUT2D eigenvalue weighted by Crippen LogP contribution is -2.42. The van der Waals surface area contributed by atoms with Crippen LogP contribution in [0, 0.1) is 0 Å². The molecule has 1 N–H and O–H groups in total. The molecule has 4 rings (SSSR count). The largest absolute Gasteiger partial charge is 0.478 e. The zero-order valence-electron chi connectivity index (χ0n) is 15.8. The molecule has 5 nitrogen and oxygen atoms in total. The van der Waals surface area contributed by atoms with Gasteiger partial charge in [0.05, 0.1) is 16.8 Å². The predicted molar refractivity (Wildman–Crippen MR) is 100 cm³/mol. The average molecular weight is 454 g/mol. The minimum absolute atomic E-state index is 0.115. The van der Waals surface area contributed by atoms with Crippen molar-refractivity contribution in [3.63, 3.8) is 0 Å². The number of benzene rings is 2. The van der Waals surface area contributed by atoms with Gasteiger partial charge >= 0.3 is 18.3 Å². The SMILES string of the molecule is O=C(O)c1ccc(C2=NOC(c3cccc(C(F)(F)F)c3)(C(F)(F)F)C2)c2ccncc12. The number of carbonyl (C=O) groups is 1. The van der Waals surface area contributed by atoms with Crippen molar-refractivity contribution >= 4 is 22.5 Å². The van der Waals surface area contributed by atoms with E-state index in [2.05, 4.69) is 10.1 Å². The van der Waals surface area contributed by atoms with E-state index in [4.69, 9.17) is 4.84 Å². The molecule has 32 heavy (non-hydrogen) atoms. The van der Waals surface area contributed by atoms with Gasteiger partial charge in [-0.15, -0.1) is 0 Å². The molecule has 0 spiro atoms. The van der Waals surface area contributed by atoms with E-state index in [0.29, 0.717) is 12.1 Å². The molecule has 0 radical (unpaired) electrons. The van der Waals surface area contributed by atoms with E-state index in [-0.39, 0.29) is 27.6 Å². The van der Waals surface area contributed by atoms with Gasteiger partial charge in [-0.05, 0) is 29.7 Å². The standard InChI is InChI=1S/C21H12F6N2O3/c22-20(23,24)12-3-1-2-11(8-12)19(21(25,26)27)9-17(29-32-19)14-4-5-15(18(30)31)16-10-28-7-6-13(14)16/h1-8,10H,9H2,(H,30,31). The number of pyridine rings is 1. The number of hydrogen-bond acceptors (Lipinski definition) is 4. The van der Waals surface area contributed by atoms with Crippen molar-refractivity contribution in [2.75, 3.05) is 0 Å². The highest BCUT2D eigenvalue weighted by Gasteiger charge is 2.62. The first-order chi connectivity index (χ1) is 14.9. The van der Waals surface area contributed by atoms with Gasteiger partial charge in [0.15, 0.2) is 0 Å². The zero-order valence-corrected chi connectivity index (χ0v) is 15.8. The zero-order chi connectivity index (χ0) is 23.3. The van der Waals surface area contributed by atoms with Crippen LogP contribution >= 0.6 is 0 Å². The van der Waals surface area contributed by atoms with Gasteiger partial charge in [-0.2, -0.15) is 26.3 Å². The van der Waals surface area contributed by atoms with E-state index in [1.54, 1.807) is 0 Å². The number of carboxylic acids is 1. The highest BCUT2D eigenvalue weighted by molar-refractivity contribution is 6.15. The summed E-state index contributed by atoms with van der Waals surface area (Å²) >= 11 is 0. The van der Waals surface area contributed by atoms with Gasteiger partial charge in [0.25, 0.3) is 5.60 Å². The number of fused-ring (bicyclic) bond motifs is 1. The summed E-state index contributed by atoms with van der Waals surface area (Å²) in [6.07, 6.45) is -8.26. The molecule has 1 aromatic heterocycles. The van der Waals surface area contributed by atoms with Crippen LogP contribution in [0.4, 0.5) is 26.3 Å². The first-order valence-corrected chi connectivity index (χ1v) is 9.04. The number of carboxylic acid groups (broad SMARTS) is 1. The molecule has 0 fully saturated rings. The Bertz CT molecular complexity index is 1250. The summed E-state index contributed by atoms with van der Waals surface area (Å²) < 4.78 is 81.7. The maximum absolute atomic E-state index is 14.1. The molecule has 0 amide bonds. The van der Waals surface area contributed by atoms with Gasteiger partial charge in [0.2, 0.25) is 0 Å². The van der Waals surface area contributed by atoms with Crippen molar-refractivity contribution < 1.29 is 41.1 Å². The first kappa shape index (κ1) is 21.6. The van der Waals surface area contributed by atoms with Crippen molar-refractivity contribution in [3.05, 3.63) is 77.1 Å². The molecule has 166 valence electrons. The lowest BCUT2D eigenvalue weighted by Gasteiger charge is -2.30. The van der Waals surface area contributed by atoms with Gasteiger partial charge in [0.1, 0.15) is 0 Å². The fourth-order valence-electron chi connectivity index (χ4n) is 3.62. The Hall–Kier alpha value is -3.63. The van der Waals surface area contributed by atoms with Crippen LogP contribution in [0.2, 0.25) is 0 Å². The van der Waals surface area contributed by atoms with Gasteiger partial charge in [-0.3, -0.25) is 4.98 Å². The third-order valence-corrected chi connectivity index (χ3v) is 5.20. The van der Waals surface area contributed by atoms with E-state index >= 15 is 0 Å². The molecular formula is C21H12F6N2O3. The molecule has 2 aromatic carbocycles. The molecule has 2 heterocycles. The average Bonchev–Trinajstić information content (AvgIpc) is 3.19. The number of aromatic nitrogens is 1. The molecule has 0 saturated heterocycles. The number of hydrogen-bond donors (Lipinski definition) is 1. The van der Waals surface area contributed by atoms with Crippen LogP contribution in [0.1, 0.15) is 33.5 Å². The highest BCUT2D eigenvalue weighted by Crippen LogP contribution is 2.50. The van der Waals surface area contributed by atoms with Gasteiger partial charge in [-0.25, -0.2) is 4.79 Å². The molecule has 1 unspecified atom stereocenters. The van der Waals surface area contributed by atoms with Crippen LogP contribution in [0.15, 0.2) is 60.0 Å². The second kappa shape index (κ2) is 7.21. The first-order valence-electron chi connectivity index (χ1n) is 9.04. The van der Waals surface area contributed by atoms with E-state index in [1.165, 1.54) is 30.6 Å². The smallest absolute Gasteiger partial charge is 0.435 e. The van der Waals surface area contributed by atoms with Gasteiger partial charge in [0, 0.05) is 35.3 Å². The number of aromatic carboxylic acids is 1. The molecular weight excluding hydrogens is 442 g/mol. The summed E-state index contributed by atoms with van der Waals surface area (Å²) in [5.74, 6) is -1.26. The fraction of sp³-hybridized carbons (Fsp3) is 0.190.